The van der Waals surface area contributed by atoms with Crippen LogP contribution in [0.5, 0.6) is 5.75 Å². The van der Waals surface area contributed by atoms with Crippen LogP contribution in [0.25, 0.3) is 0 Å². The van der Waals surface area contributed by atoms with Crippen LogP contribution in [0.4, 0.5) is 11.4 Å². The summed E-state index contributed by atoms with van der Waals surface area (Å²) in [7, 11) is 0. The molecule has 24 heavy (non-hydrogen) atoms. The van der Waals surface area contributed by atoms with Gasteiger partial charge in [-0.25, -0.2) is 0 Å². The monoisotopic (exact) mass is 322 g/mol. The summed E-state index contributed by atoms with van der Waals surface area (Å²) in [5.74, 6) is -0.0527. The lowest BCUT2D eigenvalue weighted by Gasteiger charge is -2.20. The summed E-state index contributed by atoms with van der Waals surface area (Å²) < 4.78 is 5.37. The van der Waals surface area contributed by atoms with Gasteiger partial charge in [0.15, 0.2) is 6.61 Å². The first-order valence-corrected chi connectivity index (χ1v) is 7.71. The molecular formula is C19H18N2O3. The van der Waals surface area contributed by atoms with E-state index >= 15 is 0 Å². The number of anilines is 2. The Balaban J connectivity index is 1.78. The van der Waals surface area contributed by atoms with E-state index in [1.54, 1.807) is 24.3 Å². The van der Waals surface area contributed by atoms with E-state index in [0.717, 1.165) is 5.56 Å². The first-order valence-electron chi connectivity index (χ1n) is 7.71. The van der Waals surface area contributed by atoms with Crippen LogP contribution in [0.2, 0.25) is 0 Å². The van der Waals surface area contributed by atoms with Crippen molar-refractivity contribution in [1.29, 1.82) is 0 Å². The van der Waals surface area contributed by atoms with Gasteiger partial charge in [0.05, 0.1) is 11.6 Å². The van der Waals surface area contributed by atoms with E-state index in [1.807, 2.05) is 30.3 Å². The van der Waals surface area contributed by atoms with E-state index in [0.29, 0.717) is 23.5 Å². The number of allylic oxidation sites excluding steroid dienone is 1. The van der Waals surface area contributed by atoms with Crippen LogP contribution in [0.15, 0.2) is 61.2 Å². The van der Waals surface area contributed by atoms with Crippen LogP contribution < -0.4 is 15.4 Å². The molecule has 1 unspecified atom stereocenters. The molecule has 0 aliphatic carbocycles. The summed E-state index contributed by atoms with van der Waals surface area (Å²) in [6.45, 7) is 3.72. The SMILES string of the molecule is C=CCC(C(=O)Nc1ccc2c(c1)OCC(=O)N2)c1ccccc1. The third-order valence-corrected chi connectivity index (χ3v) is 3.80. The molecule has 0 saturated heterocycles. The average molecular weight is 322 g/mol. The number of ether oxygens (including phenoxy) is 1. The minimum Gasteiger partial charge on any atom is -0.482 e. The molecule has 0 fully saturated rings. The second kappa shape index (κ2) is 7.00. The van der Waals surface area contributed by atoms with Gasteiger partial charge in [0.2, 0.25) is 5.91 Å². The molecule has 0 spiro atoms. The van der Waals surface area contributed by atoms with Crippen molar-refractivity contribution in [2.45, 2.75) is 12.3 Å². The number of rotatable bonds is 5. The number of hydrogen-bond donors (Lipinski definition) is 2. The van der Waals surface area contributed by atoms with E-state index in [4.69, 9.17) is 4.74 Å². The van der Waals surface area contributed by atoms with Gasteiger partial charge < -0.3 is 15.4 Å². The Kier molecular flexibility index (Phi) is 4.61. The lowest BCUT2D eigenvalue weighted by molar-refractivity contribution is -0.119. The fourth-order valence-electron chi connectivity index (χ4n) is 2.63. The van der Waals surface area contributed by atoms with E-state index in [9.17, 15) is 9.59 Å². The normalized spacial score (nSPS) is 13.9. The third kappa shape index (κ3) is 3.46. The van der Waals surface area contributed by atoms with Crippen molar-refractivity contribution < 1.29 is 14.3 Å². The lowest BCUT2D eigenvalue weighted by atomic mass is 9.95. The van der Waals surface area contributed by atoms with E-state index in [2.05, 4.69) is 17.2 Å². The van der Waals surface area contributed by atoms with Gasteiger partial charge in [-0.3, -0.25) is 9.59 Å². The summed E-state index contributed by atoms with van der Waals surface area (Å²) in [5, 5.41) is 5.63. The van der Waals surface area contributed by atoms with Crippen molar-refractivity contribution in [3.8, 4) is 5.75 Å². The van der Waals surface area contributed by atoms with Crippen LogP contribution in [0, 0.1) is 0 Å². The number of carbonyl (C=O) groups excluding carboxylic acids is 2. The number of fused-ring (bicyclic) bond motifs is 1. The second-order valence-corrected chi connectivity index (χ2v) is 5.52. The standard InChI is InChI=1S/C19H18N2O3/c1-2-6-15(13-7-4-3-5-8-13)19(23)20-14-9-10-16-17(11-14)24-12-18(22)21-16/h2-5,7-11,15H,1,6,12H2,(H,20,23)(H,21,22). The highest BCUT2D eigenvalue weighted by Gasteiger charge is 2.21. The summed E-state index contributed by atoms with van der Waals surface area (Å²) in [6, 6.07) is 14.8. The van der Waals surface area contributed by atoms with Crippen molar-refractivity contribution in [3.05, 3.63) is 66.7 Å². The van der Waals surface area contributed by atoms with Gasteiger partial charge in [-0.15, -0.1) is 6.58 Å². The van der Waals surface area contributed by atoms with Crippen LogP contribution in [0.1, 0.15) is 17.9 Å². The Labute approximate surface area is 140 Å². The van der Waals surface area contributed by atoms with Gasteiger partial charge in [0.25, 0.3) is 5.91 Å². The zero-order valence-electron chi connectivity index (χ0n) is 13.1. The van der Waals surface area contributed by atoms with E-state index in [-0.39, 0.29) is 24.3 Å². The van der Waals surface area contributed by atoms with Gasteiger partial charge in [0, 0.05) is 11.8 Å². The molecular weight excluding hydrogens is 304 g/mol. The first kappa shape index (κ1) is 15.8. The molecule has 1 aliphatic rings. The average Bonchev–Trinajstić information content (AvgIpc) is 2.60. The minimum atomic E-state index is -0.305. The zero-order chi connectivity index (χ0) is 16.9. The quantitative estimate of drug-likeness (QED) is 0.830. The van der Waals surface area contributed by atoms with Crippen LogP contribution >= 0.6 is 0 Å². The fourth-order valence-corrected chi connectivity index (χ4v) is 2.63. The zero-order valence-corrected chi connectivity index (χ0v) is 13.1. The molecule has 0 radical (unpaired) electrons. The maximum atomic E-state index is 12.7. The van der Waals surface area contributed by atoms with Gasteiger partial charge >= 0.3 is 0 Å². The molecule has 3 rings (SSSR count). The second-order valence-electron chi connectivity index (χ2n) is 5.52. The topological polar surface area (TPSA) is 67.4 Å². The molecule has 0 saturated carbocycles. The summed E-state index contributed by atoms with van der Waals surface area (Å²) in [5.41, 5.74) is 2.17. The van der Waals surface area contributed by atoms with Crippen molar-refractivity contribution in [2.24, 2.45) is 0 Å². The molecule has 0 bridgehead atoms. The number of amides is 2. The molecule has 1 atom stereocenters. The Morgan fingerprint density at radius 3 is 2.83 bits per heavy atom. The van der Waals surface area contributed by atoms with Gasteiger partial charge in [-0.1, -0.05) is 36.4 Å². The van der Waals surface area contributed by atoms with Crippen LogP contribution in [-0.2, 0) is 9.59 Å². The molecule has 1 aliphatic heterocycles. The summed E-state index contributed by atoms with van der Waals surface area (Å²) >= 11 is 0. The Morgan fingerprint density at radius 2 is 2.08 bits per heavy atom. The van der Waals surface area contributed by atoms with E-state index in [1.165, 1.54) is 0 Å². The van der Waals surface area contributed by atoms with Crippen LogP contribution in [-0.4, -0.2) is 18.4 Å². The molecule has 2 aromatic rings. The van der Waals surface area contributed by atoms with Crippen molar-refractivity contribution >= 4 is 23.2 Å². The maximum Gasteiger partial charge on any atom is 0.262 e. The number of benzene rings is 2. The van der Waals surface area contributed by atoms with Crippen molar-refractivity contribution in [1.82, 2.24) is 0 Å². The Bertz CT molecular complexity index is 771. The number of hydrogen-bond acceptors (Lipinski definition) is 3. The van der Waals surface area contributed by atoms with Gasteiger partial charge in [0.1, 0.15) is 5.75 Å². The largest absolute Gasteiger partial charge is 0.482 e. The lowest BCUT2D eigenvalue weighted by Crippen LogP contribution is -2.25. The Hall–Kier alpha value is -3.08. The molecule has 1 heterocycles. The Morgan fingerprint density at radius 1 is 1.29 bits per heavy atom. The first-order chi connectivity index (χ1) is 11.7. The maximum absolute atomic E-state index is 12.7. The molecule has 2 N–H and O–H groups in total. The highest BCUT2D eigenvalue weighted by Crippen LogP contribution is 2.31. The predicted molar refractivity (Wildman–Crippen MR) is 93.2 cm³/mol. The predicted octanol–water partition coefficient (Wildman–Crippen LogP) is 3.32. The molecule has 122 valence electrons. The molecule has 5 heteroatoms. The fraction of sp³-hybridized carbons (Fsp3) is 0.158. The van der Waals surface area contributed by atoms with Gasteiger partial charge in [-0.05, 0) is 24.1 Å². The number of nitrogens with one attached hydrogen (secondary N) is 2. The molecule has 5 nitrogen and oxygen atoms in total. The summed E-state index contributed by atoms with van der Waals surface area (Å²) in [4.78, 5) is 23.9. The molecule has 0 aromatic heterocycles. The third-order valence-electron chi connectivity index (χ3n) is 3.80. The van der Waals surface area contributed by atoms with Crippen LogP contribution in [0.3, 0.4) is 0 Å². The van der Waals surface area contributed by atoms with Gasteiger partial charge in [-0.2, -0.15) is 0 Å². The van der Waals surface area contributed by atoms with Crippen molar-refractivity contribution in [3.63, 3.8) is 0 Å². The minimum absolute atomic E-state index is 0.0203. The van der Waals surface area contributed by atoms with E-state index < -0.39 is 0 Å². The molecule has 2 amide bonds. The highest BCUT2D eigenvalue weighted by molar-refractivity contribution is 5.98. The summed E-state index contributed by atoms with van der Waals surface area (Å²) in [6.07, 6.45) is 2.29. The van der Waals surface area contributed by atoms with Crippen molar-refractivity contribution in [2.75, 3.05) is 17.2 Å². The smallest absolute Gasteiger partial charge is 0.262 e. The number of carbonyl (C=O) groups is 2. The highest BCUT2D eigenvalue weighted by atomic mass is 16.5. The molecule has 2 aromatic carbocycles.